The summed E-state index contributed by atoms with van der Waals surface area (Å²) in [6, 6.07) is 12.0. The van der Waals surface area contributed by atoms with Crippen LogP contribution in [0.5, 0.6) is 0 Å². The number of aromatic nitrogens is 2. The molecule has 0 N–H and O–H groups in total. The highest BCUT2D eigenvalue weighted by Gasteiger charge is 2.09. The molecule has 174 valence electrons. The SMILES string of the molecule is CCCCc1cc2sc(N=Nc3ccc(N=Nc4nc5sc(CCCC)cc5s4)cc3)nc2s1. The standard InChI is InChI=1S/C24H24N6S4/c1-3-5-7-17-13-19-21(31-17)25-23(33-19)29-27-15-9-11-16(12-10-15)28-30-24-26-22-20(34-24)14-18(32-22)8-6-4-2/h9-14H,3-8H2,1-2H3. The topological polar surface area (TPSA) is 75.2 Å². The van der Waals surface area contributed by atoms with Gasteiger partial charge in [0.25, 0.3) is 0 Å². The van der Waals surface area contributed by atoms with Crippen molar-refractivity contribution in [3.8, 4) is 0 Å². The van der Waals surface area contributed by atoms with Crippen molar-refractivity contribution in [2.24, 2.45) is 20.5 Å². The number of thiophene rings is 2. The first kappa shape index (κ1) is 23.3. The zero-order chi connectivity index (χ0) is 23.3. The maximum Gasteiger partial charge on any atom is 0.231 e. The predicted molar refractivity (Wildman–Crippen MR) is 147 cm³/mol. The van der Waals surface area contributed by atoms with Crippen LogP contribution in [-0.2, 0) is 12.8 Å². The molecule has 5 aromatic rings. The van der Waals surface area contributed by atoms with Gasteiger partial charge in [-0.05, 0) is 62.1 Å². The number of aryl methyl sites for hydroxylation is 2. The molecule has 0 aliphatic rings. The molecule has 0 saturated carbocycles. The van der Waals surface area contributed by atoms with Gasteiger partial charge in [-0.15, -0.1) is 43.1 Å². The molecule has 4 heterocycles. The minimum Gasteiger partial charge on any atom is -0.206 e. The number of hydrogen-bond acceptors (Lipinski definition) is 10. The van der Waals surface area contributed by atoms with Crippen LogP contribution in [0.4, 0.5) is 21.6 Å². The number of unbranched alkanes of at least 4 members (excludes halogenated alkanes) is 2. The van der Waals surface area contributed by atoms with Crippen LogP contribution in [0.15, 0.2) is 56.9 Å². The molecular weight excluding hydrogens is 501 g/mol. The maximum atomic E-state index is 4.61. The Morgan fingerprint density at radius 3 is 1.44 bits per heavy atom. The van der Waals surface area contributed by atoms with Crippen molar-refractivity contribution in [2.75, 3.05) is 0 Å². The Labute approximate surface area is 214 Å². The summed E-state index contributed by atoms with van der Waals surface area (Å²) in [6.07, 6.45) is 7.12. The number of hydrogen-bond donors (Lipinski definition) is 0. The van der Waals surface area contributed by atoms with E-state index in [0.717, 1.165) is 33.9 Å². The monoisotopic (exact) mass is 524 g/mol. The van der Waals surface area contributed by atoms with Crippen molar-refractivity contribution >= 4 is 86.0 Å². The summed E-state index contributed by atoms with van der Waals surface area (Å²) in [4.78, 5) is 14.1. The minimum absolute atomic E-state index is 0.689. The lowest BCUT2D eigenvalue weighted by Crippen LogP contribution is -1.76. The molecule has 0 radical (unpaired) electrons. The Bertz CT molecular complexity index is 1260. The molecule has 1 aromatic carbocycles. The van der Waals surface area contributed by atoms with Gasteiger partial charge in [0.15, 0.2) is 0 Å². The van der Waals surface area contributed by atoms with E-state index >= 15 is 0 Å². The molecule has 0 bridgehead atoms. The lowest BCUT2D eigenvalue weighted by atomic mass is 10.2. The van der Waals surface area contributed by atoms with Crippen LogP contribution >= 0.6 is 45.3 Å². The Hall–Kier alpha value is -2.40. The Kier molecular flexibility index (Phi) is 7.48. The van der Waals surface area contributed by atoms with E-state index in [9.17, 15) is 0 Å². The van der Waals surface area contributed by atoms with E-state index < -0.39 is 0 Å². The Balaban J connectivity index is 1.20. The first-order chi connectivity index (χ1) is 16.7. The molecule has 10 heteroatoms. The lowest BCUT2D eigenvalue weighted by Gasteiger charge is -1.93. The minimum atomic E-state index is 0.689. The summed E-state index contributed by atoms with van der Waals surface area (Å²) in [7, 11) is 0. The van der Waals surface area contributed by atoms with Crippen molar-refractivity contribution in [2.45, 2.75) is 52.4 Å². The van der Waals surface area contributed by atoms with Crippen LogP contribution in [0.3, 0.4) is 0 Å². The highest BCUT2D eigenvalue weighted by molar-refractivity contribution is 7.29. The highest BCUT2D eigenvalue weighted by atomic mass is 32.1. The largest absolute Gasteiger partial charge is 0.231 e. The first-order valence-corrected chi connectivity index (χ1v) is 14.7. The smallest absolute Gasteiger partial charge is 0.206 e. The molecule has 4 aromatic heterocycles. The number of thiazole rings is 2. The van der Waals surface area contributed by atoms with E-state index in [2.05, 4.69) is 56.4 Å². The maximum absolute atomic E-state index is 4.61. The summed E-state index contributed by atoms with van der Waals surface area (Å²) < 4.78 is 2.39. The van der Waals surface area contributed by atoms with Crippen molar-refractivity contribution in [3.63, 3.8) is 0 Å². The predicted octanol–water partition coefficient (Wildman–Crippen LogP) is 10.5. The molecule has 0 unspecified atom stereocenters. The molecule has 34 heavy (non-hydrogen) atoms. The van der Waals surface area contributed by atoms with Gasteiger partial charge in [-0.1, -0.05) is 49.4 Å². The summed E-state index contributed by atoms with van der Waals surface area (Å²) in [6.45, 7) is 4.43. The first-order valence-electron chi connectivity index (χ1n) is 11.4. The molecular formula is C24H24N6S4. The molecule has 0 spiro atoms. The van der Waals surface area contributed by atoms with Crippen molar-refractivity contribution in [3.05, 3.63) is 46.2 Å². The molecule has 6 nitrogen and oxygen atoms in total. The van der Waals surface area contributed by atoms with Crippen molar-refractivity contribution in [1.82, 2.24) is 9.97 Å². The fourth-order valence-electron chi connectivity index (χ4n) is 3.36. The van der Waals surface area contributed by atoms with Crippen LogP contribution < -0.4 is 0 Å². The van der Waals surface area contributed by atoms with Gasteiger partial charge >= 0.3 is 0 Å². The van der Waals surface area contributed by atoms with Gasteiger partial charge in [0, 0.05) is 9.75 Å². The second-order valence-electron chi connectivity index (χ2n) is 7.88. The number of rotatable bonds is 10. The number of fused-ring (bicyclic) bond motifs is 2. The second-order valence-corrected chi connectivity index (χ2v) is 12.1. The third-order valence-corrected chi connectivity index (χ3v) is 9.37. The molecule has 0 amide bonds. The van der Waals surface area contributed by atoms with E-state index in [-0.39, 0.29) is 0 Å². The quantitative estimate of drug-likeness (QED) is 0.170. The number of benzene rings is 1. The second kappa shape index (κ2) is 10.9. The molecule has 0 saturated heterocycles. The van der Waals surface area contributed by atoms with Gasteiger partial charge < -0.3 is 0 Å². The summed E-state index contributed by atoms with van der Waals surface area (Å²) in [5.74, 6) is 0. The van der Waals surface area contributed by atoms with E-state index in [1.807, 2.05) is 24.3 Å². The van der Waals surface area contributed by atoms with Crippen LogP contribution in [0.2, 0.25) is 0 Å². The average Bonchev–Trinajstić information content (AvgIpc) is 3.58. The van der Waals surface area contributed by atoms with Gasteiger partial charge in [-0.3, -0.25) is 0 Å². The summed E-state index contributed by atoms with van der Waals surface area (Å²) in [5.41, 5.74) is 1.52. The molecule has 0 atom stereocenters. The van der Waals surface area contributed by atoms with E-state index in [1.54, 1.807) is 45.3 Å². The normalized spacial score (nSPS) is 12.3. The fourth-order valence-corrected chi connectivity index (χ4v) is 7.55. The number of azo groups is 2. The van der Waals surface area contributed by atoms with Gasteiger partial charge in [0.05, 0.1) is 20.8 Å². The van der Waals surface area contributed by atoms with Gasteiger partial charge in [-0.2, -0.15) is 0 Å². The van der Waals surface area contributed by atoms with E-state index in [0.29, 0.717) is 10.3 Å². The van der Waals surface area contributed by atoms with Gasteiger partial charge in [0.1, 0.15) is 9.66 Å². The van der Waals surface area contributed by atoms with Crippen molar-refractivity contribution in [1.29, 1.82) is 0 Å². The van der Waals surface area contributed by atoms with Crippen molar-refractivity contribution < 1.29 is 0 Å². The highest BCUT2D eigenvalue weighted by Crippen LogP contribution is 2.37. The number of nitrogens with zero attached hydrogens (tertiary/aromatic N) is 6. The molecule has 0 aliphatic heterocycles. The summed E-state index contributed by atoms with van der Waals surface area (Å²) in [5, 5.41) is 18.7. The molecule has 0 aliphatic carbocycles. The zero-order valence-electron chi connectivity index (χ0n) is 19.0. The Morgan fingerprint density at radius 1 is 0.618 bits per heavy atom. The average molecular weight is 525 g/mol. The van der Waals surface area contributed by atoms with Gasteiger partial charge in [-0.25, -0.2) is 9.97 Å². The third-order valence-electron chi connectivity index (χ3n) is 5.16. The summed E-state index contributed by atoms with van der Waals surface area (Å²) >= 11 is 6.70. The van der Waals surface area contributed by atoms with Crippen LogP contribution in [-0.4, -0.2) is 9.97 Å². The third kappa shape index (κ3) is 5.63. The van der Waals surface area contributed by atoms with E-state index in [1.165, 1.54) is 44.8 Å². The molecule has 0 fully saturated rings. The van der Waals surface area contributed by atoms with Crippen LogP contribution in [0.25, 0.3) is 19.1 Å². The Morgan fingerprint density at radius 2 is 1.06 bits per heavy atom. The van der Waals surface area contributed by atoms with Crippen LogP contribution in [0, 0.1) is 0 Å². The van der Waals surface area contributed by atoms with Gasteiger partial charge in [0.2, 0.25) is 10.3 Å². The molecule has 5 rings (SSSR count). The van der Waals surface area contributed by atoms with E-state index in [4.69, 9.17) is 0 Å². The lowest BCUT2D eigenvalue weighted by molar-refractivity contribution is 0.804. The van der Waals surface area contributed by atoms with Crippen LogP contribution in [0.1, 0.15) is 49.3 Å². The zero-order valence-corrected chi connectivity index (χ0v) is 22.3. The fraction of sp³-hybridized carbons (Fsp3) is 0.333.